The molecule has 0 fully saturated rings. The van der Waals surface area contributed by atoms with Gasteiger partial charge in [0, 0.05) is 28.7 Å². The van der Waals surface area contributed by atoms with Crippen molar-refractivity contribution in [2.45, 2.75) is 26.8 Å². The lowest BCUT2D eigenvalue weighted by Gasteiger charge is -2.21. The van der Waals surface area contributed by atoms with Crippen LogP contribution >= 0.6 is 22.7 Å². The molecule has 0 N–H and O–H groups in total. The van der Waals surface area contributed by atoms with Crippen molar-refractivity contribution < 1.29 is 4.79 Å². The molecule has 0 unspecified atom stereocenters. The third kappa shape index (κ3) is 3.88. The lowest BCUT2D eigenvalue weighted by atomic mass is 10.1. The van der Waals surface area contributed by atoms with Gasteiger partial charge in [0.05, 0.1) is 17.1 Å². The highest BCUT2D eigenvalue weighted by atomic mass is 32.1. The van der Waals surface area contributed by atoms with Crippen LogP contribution in [0.1, 0.15) is 30.7 Å². The molecule has 3 heterocycles. The number of carbonyl (C=O) groups is 1. The van der Waals surface area contributed by atoms with Gasteiger partial charge in [0.15, 0.2) is 0 Å². The number of aryl methyl sites for hydroxylation is 3. The Balaban J connectivity index is 1.60. The summed E-state index contributed by atoms with van der Waals surface area (Å²) in [5, 5.41) is 5.52. The monoisotopic (exact) mass is 409 g/mol. The summed E-state index contributed by atoms with van der Waals surface area (Å²) in [4.78, 5) is 19.7. The van der Waals surface area contributed by atoms with Crippen molar-refractivity contribution in [3.05, 3.63) is 74.4 Å². The first-order valence-electron chi connectivity index (χ1n) is 9.33. The first-order chi connectivity index (χ1) is 13.5. The fourth-order valence-electron chi connectivity index (χ4n) is 3.39. The summed E-state index contributed by atoms with van der Waals surface area (Å²) in [6, 6.07) is 16.6. The van der Waals surface area contributed by atoms with Crippen molar-refractivity contribution in [2.24, 2.45) is 7.05 Å². The van der Waals surface area contributed by atoms with E-state index in [1.165, 1.54) is 26.7 Å². The van der Waals surface area contributed by atoms with Crippen LogP contribution in [0.25, 0.3) is 10.2 Å². The fraction of sp³-hybridized carbons (Fsp3) is 0.273. The maximum atomic E-state index is 13.4. The van der Waals surface area contributed by atoms with Crippen LogP contribution in [0.15, 0.2) is 48.5 Å². The molecule has 144 valence electrons. The van der Waals surface area contributed by atoms with Crippen LogP contribution in [0.3, 0.4) is 0 Å². The number of hydrogen-bond donors (Lipinski definition) is 0. The molecule has 0 radical (unpaired) electrons. The summed E-state index contributed by atoms with van der Waals surface area (Å²) in [5.41, 5.74) is 2.22. The Bertz CT molecular complexity index is 1070. The molecule has 0 aliphatic carbocycles. The fourth-order valence-corrected chi connectivity index (χ4v) is 5.38. The summed E-state index contributed by atoms with van der Waals surface area (Å²) >= 11 is 3.29. The maximum absolute atomic E-state index is 13.4. The van der Waals surface area contributed by atoms with Crippen LogP contribution in [0.2, 0.25) is 0 Å². The molecule has 0 aliphatic rings. The zero-order chi connectivity index (χ0) is 19.7. The molecule has 4 rings (SSSR count). The van der Waals surface area contributed by atoms with E-state index in [-0.39, 0.29) is 5.91 Å². The standard InChI is InChI=1S/C22H23N3OS2/c1-15-9-10-18(27-15)14-25(12-11-17-7-5-4-6-8-17)21(26)20-13-19-16(2)23-24(3)22(19)28-20/h4-10,13H,11-12,14H2,1-3H3. The summed E-state index contributed by atoms with van der Waals surface area (Å²) in [6.07, 6.45) is 0.850. The zero-order valence-electron chi connectivity index (χ0n) is 16.3. The van der Waals surface area contributed by atoms with Crippen molar-refractivity contribution >= 4 is 38.8 Å². The number of aromatic nitrogens is 2. The van der Waals surface area contributed by atoms with Crippen molar-refractivity contribution in [1.82, 2.24) is 14.7 Å². The molecule has 4 nitrogen and oxygen atoms in total. The smallest absolute Gasteiger partial charge is 0.264 e. The predicted molar refractivity (Wildman–Crippen MR) is 117 cm³/mol. The van der Waals surface area contributed by atoms with Crippen molar-refractivity contribution in [3.8, 4) is 0 Å². The van der Waals surface area contributed by atoms with Crippen LogP contribution < -0.4 is 0 Å². The number of amides is 1. The lowest BCUT2D eigenvalue weighted by molar-refractivity contribution is 0.0751. The molecule has 0 atom stereocenters. The normalized spacial score (nSPS) is 11.2. The molecule has 0 saturated carbocycles. The second-order valence-electron chi connectivity index (χ2n) is 7.01. The van der Waals surface area contributed by atoms with E-state index in [2.05, 4.69) is 36.3 Å². The maximum Gasteiger partial charge on any atom is 0.264 e. The molecule has 0 spiro atoms. The average molecular weight is 410 g/mol. The molecule has 3 aromatic heterocycles. The van der Waals surface area contributed by atoms with Crippen LogP contribution in [-0.2, 0) is 20.0 Å². The Hall–Kier alpha value is -2.44. The second kappa shape index (κ2) is 7.89. The number of fused-ring (bicyclic) bond motifs is 1. The first kappa shape index (κ1) is 18.9. The van der Waals surface area contributed by atoms with Gasteiger partial charge in [0.2, 0.25) is 0 Å². The molecule has 4 aromatic rings. The Morgan fingerprint density at radius 1 is 1.11 bits per heavy atom. The quantitative estimate of drug-likeness (QED) is 0.439. The van der Waals surface area contributed by atoms with E-state index < -0.39 is 0 Å². The number of thiophene rings is 2. The van der Waals surface area contributed by atoms with Gasteiger partial charge in [-0.1, -0.05) is 30.3 Å². The minimum Gasteiger partial charge on any atom is -0.332 e. The van der Waals surface area contributed by atoms with Gasteiger partial charge in [-0.3, -0.25) is 9.48 Å². The van der Waals surface area contributed by atoms with Gasteiger partial charge in [-0.2, -0.15) is 5.10 Å². The first-order valence-corrected chi connectivity index (χ1v) is 11.0. The largest absolute Gasteiger partial charge is 0.332 e. The molecule has 1 amide bonds. The van der Waals surface area contributed by atoms with Gasteiger partial charge in [-0.05, 0) is 44.0 Å². The highest BCUT2D eigenvalue weighted by Crippen LogP contribution is 2.29. The van der Waals surface area contributed by atoms with E-state index in [0.29, 0.717) is 13.1 Å². The van der Waals surface area contributed by atoms with Crippen molar-refractivity contribution in [3.63, 3.8) is 0 Å². The van der Waals surface area contributed by atoms with Crippen LogP contribution in [-0.4, -0.2) is 27.1 Å². The average Bonchev–Trinajstić information content (AvgIpc) is 3.37. The van der Waals surface area contributed by atoms with Crippen molar-refractivity contribution in [2.75, 3.05) is 6.54 Å². The summed E-state index contributed by atoms with van der Waals surface area (Å²) in [6.45, 7) is 5.44. The molecule has 28 heavy (non-hydrogen) atoms. The third-order valence-corrected chi connectivity index (χ3v) is 7.03. The van der Waals surface area contributed by atoms with E-state index >= 15 is 0 Å². The minimum atomic E-state index is 0.0996. The van der Waals surface area contributed by atoms with E-state index in [4.69, 9.17) is 0 Å². The van der Waals surface area contributed by atoms with E-state index in [1.807, 2.05) is 47.8 Å². The van der Waals surface area contributed by atoms with E-state index in [1.54, 1.807) is 11.3 Å². The Morgan fingerprint density at radius 2 is 1.89 bits per heavy atom. The Labute approximate surface area is 173 Å². The summed E-state index contributed by atoms with van der Waals surface area (Å²) < 4.78 is 1.86. The SMILES string of the molecule is Cc1ccc(CN(CCc2ccccc2)C(=O)c2cc3c(C)nn(C)c3s2)s1. The van der Waals surface area contributed by atoms with Gasteiger partial charge >= 0.3 is 0 Å². The summed E-state index contributed by atoms with van der Waals surface area (Å²) in [7, 11) is 1.93. The van der Waals surface area contributed by atoms with Crippen molar-refractivity contribution in [1.29, 1.82) is 0 Å². The lowest BCUT2D eigenvalue weighted by Crippen LogP contribution is -2.31. The highest BCUT2D eigenvalue weighted by Gasteiger charge is 2.21. The summed E-state index contributed by atoms with van der Waals surface area (Å²) in [5.74, 6) is 0.0996. The zero-order valence-corrected chi connectivity index (χ0v) is 17.9. The predicted octanol–water partition coefficient (Wildman–Crippen LogP) is 5.20. The Kier molecular flexibility index (Phi) is 5.33. The number of benzene rings is 1. The minimum absolute atomic E-state index is 0.0996. The van der Waals surface area contributed by atoms with Crippen LogP contribution in [0, 0.1) is 13.8 Å². The number of rotatable bonds is 6. The van der Waals surface area contributed by atoms with Gasteiger partial charge < -0.3 is 4.90 Å². The van der Waals surface area contributed by atoms with Crippen LogP contribution in [0.4, 0.5) is 0 Å². The molecule has 6 heteroatoms. The Morgan fingerprint density at radius 3 is 2.57 bits per heavy atom. The van der Waals surface area contributed by atoms with Crippen LogP contribution in [0.5, 0.6) is 0 Å². The second-order valence-corrected chi connectivity index (χ2v) is 9.42. The van der Waals surface area contributed by atoms with Gasteiger partial charge in [0.25, 0.3) is 5.91 Å². The van der Waals surface area contributed by atoms with Gasteiger partial charge in [-0.25, -0.2) is 0 Å². The molecule has 0 aliphatic heterocycles. The highest BCUT2D eigenvalue weighted by molar-refractivity contribution is 7.20. The topological polar surface area (TPSA) is 38.1 Å². The van der Waals surface area contributed by atoms with Gasteiger partial charge in [0.1, 0.15) is 4.83 Å². The third-order valence-electron chi connectivity index (χ3n) is 4.85. The molecule has 1 aromatic carbocycles. The van der Waals surface area contributed by atoms with Gasteiger partial charge in [-0.15, -0.1) is 22.7 Å². The number of carbonyl (C=O) groups excluding carboxylic acids is 1. The molecular weight excluding hydrogens is 386 g/mol. The molecular formula is C22H23N3OS2. The molecule has 0 bridgehead atoms. The van der Waals surface area contributed by atoms with E-state index in [9.17, 15) is 4.79 Å². The van der Waals surface area contributed by atoms with E-state index in [0.717, 1.165) is 27.2 Å². The molecule has 0 saturated heterocycles. The number of nitrogens with zero attached hydrogens (tertiary/aromatic N) is 3. The number of hydrogen-bond acceptors (Lipinski definition) is 4.